The van der Waals surface area contributed by atoms with E-state index in [0.29, 0.717) is 17.6 Å². The molecule has 26 heavy (non-hydrogen) atoms. The summed E-state index contributed by atoms with van der Waals surface area (Å²) in [4.78, 5) is 12.5. The van der Waals surface area contributed by atoms with Gasteiger partial charge < -0.3 is 0 Å². The van der Waals surface area contributed by atoms with Crippen molar-refractivity contribution < 1.29 is 20.5 Å². The van der Waals surface area contributed by atoms with Crippen LogP contribution in [0.1, 0.15) is 99.1 Å². The molecule has 2 fully saturated rings. The normalized spacial score (nSPS) is 18.4. The number of benzene rings is 1. The molecule has 2 aliphatic rings. The van der Waals surface area contributed by atoms with Crippen molar-refractivity contribution in [2.24, 2.45) is 5.92 Å². The maximum absolute atomic E-state index is 12.6. The monoisotopic (exact) mass is 457 g/mol. The van der Waals surface area contributed by atoms with Gasteiger partial charge in [0.15, 0.2) is 5.78 Å². The molecule has 2 saturated carbocycles. The van der Waals surface area contributed by atoms with Crippen LogP contribution < -0.4 is 0 Å². The van der Waals surface area contributed by atoms with Crippen molar-refractivity contribution in [1.29, 1.82) is 0 Å². The molecule has 0 bridgehead atoms. The molecule has 145 valence electrons. The van der Waals surface area contributed by atoms with Crippen LogP contribution in [0.4, 0.5) is 0 Å². The number of rotatable bonds is 4. The van der Waals surface area contributed by atoms with Crippen LogP contribution in [0.2, 0.25) is 0 Å². The summed E-state index contributed by atoms with van der Waals surface area (Å²) in [5, 5.41) is 4.38. The molecule has 0 heterocycles. The summed E-state index contributed by atoms with van der Waals surface area (Å²) in [6.07, 6.45) is 11.3. The van der Waals surface area contributed by atoms with Crippen LogP contribution in [0.25, 0.3) is 0 Å². The van der Waals surface area contributed by atoms with E-state index in [4.69, 9.17) is 0 Å². The Hall–Kier alpha value is -0.318. The maximum atomic E-state index is 12.6. The van der Waals surface area contributed by atoms with Gasteiger partial charge in [-0.25, -0.2) is 0 Å². The third-order valence-electron chi connectivity index (χ3n) is 5.40. The van der Waals surface area contributed by atoms with Crippen molar-refractivity contribution in [2.75, 3.05) is 0 Å². The van der Waals surface area contributed by atoms with Gasteiger partial charge in [-0.15, -0.1) is 0 Å². The Bertz CT molecular complexity index is 571. The third-order valence-corrected chi connectivity index (χ3v) is 6.35. The van der Waals surface area contributed by atoms with Crippen molar-refractivity contribution in [3.8, 4) is 5.19 Å². The third kappa shape index (κ3) is 6.39. The topological polar surface area (TPSA) is 17.1 Å². The molecule has 0 saturated heterocycles. The first-order valence-corrected chi connectivity index (χ1v) is 11.8. The molecule has 3 heteroatoms. The average molecular weight is 458 g/mol. The van der Waals surface area contributed by atoms with E-state index >= 15 is 0 Å². The zero-order chi connectivity index (χ0) is 19.5. The fourth-order valence-corrected chi connectivity index (χ4v) is 4.70. The zero-order valence-corrected chi connectivity index (χ0v) is 19.5. The molecule has 1 aromatic rings. The van der Waals surface area contributed by atoms with Crippen LogP contribution in [0, 0.1) is 18.0 Å². The average Bonchev–Trinajstić information content (AvgIpc) is 2.62. The van der Waals surface area contributed by atoms with Crippen molar-refractivity contribution in [2.45, 2.75) is 89.3 Å². The second-order valence-electron chi connectivity index (χ2n) is 7.51. The number of alkyl halides is 1. The zero-order valence-electron chi connectivity index (χ0n) is 16.6. The predicted molar refractivity (Wildman–Crippen MR) is 112 cm³/mol. The van der Waals surface area contributed by atoms with Crippen LogP contribution in [0.3, 0.4) is 0 Å². The number of Topliss-reactive ketones (excluding diaryl/α,β-unsaturated/α-hetero) is 1. The quantitative estimate of drug-likeness (QED) is 0.430. The summed E-state index contributed by atoms with van der Waals surface area (Å²) >= 11 is 5.85. The van der Waals surface area contributed by atoms with E-state index in [1.165, 1.54) is 61.6 Å². The summed E-state index contributed by atoms with van der Waals surface area (Å²) in [5.41, 5.74) is 4.08. The number of carbonyl (C=O) groups excluding carboxylic acids is 1. The molecule has 0 aliphatic heterocycles. The summed E-state index contributed by atoms with van der Waals surface area (Å²) < 4.78 is 0. The van der Waals surface area contributed by atoms with Gasteiger partial charge in [-0.2, -0.15) is 0 Å². The number of hydrogen-bond donors (Lipinski definition) is 0. The molecule has 0 radical (unpaired) electrons. The van der Waals surface area contributed by atoms with E-state index < -0.39 is 0 Å². The Morgan fingerprint density at radius 3 is 2.19 bits per heavy atom. The second-order valence-corrected chi connectivity index (χ2v) is 8.43. The first-order valence-electron chi connectivity index (χ1n) is 10.1. The van der Waals surface area contributed by atoms with E-state index in [2.05, 4.69) is 75.8 Å². The van der Waals surface area contributed by atoms with Gasteiger partial charge in [0.05, 0.1) is 4.83 Å². The van der Waals surface area contributed by atoms with E-state index in [0.717, 1.165) is 12.8 Å². The molecule has 3 rings (SSSR count). The first-order chi connectivity index (χ1) is 12.6. The van der Waals surface area contributed by atoms with Crippen molar-refractivity contribution in [3.05, 3.63) is 34.9 Å². The molecule has 0 aromatic heterocycles. The number of aryl methyl sites for hydroxylation is 1. The van der Waals surface area contributed by atoms with Gasteiger partial charge in [-0.1, -0.05) is 80.1 Å². The number of ketones is 1. The van der Waals surface area contributed by atoms with Crippen LogP contribution in [0.15, 0.2) is 18.2 Å². The molecule has 1 nitrogen and oxygen atoms in total. The molecule has 1 atom stereocenters. The first kappa shape index (κ1) is 23.7. The van der Waals surface area contributed by atoms with Gasteiger partial charge in [-0.05, 0) is 55.2 Å². The Morgan fingerprint density at radius 2 is 1.69 bits per heavy atom. The van der Waals surface area contributed by atoms with Gasteiger partial charge in [-0.3, -0.25) is 4.79 Å². The van der Waals surface area contributed by atoms with Crippen molar-refractivity contribution >= 4 is 21.7 Å². The van der Waals surface area contributed by atoms with Gasteiger partial charge in [0.1, 0.15) is 0 Å². The summed E-state index contributed by atoms with van der Waals surface area (Å²) in [5.74, 6) is 1.36. The summed E-state index contributed by atoms with van der Waals surface area (Å²) in [6.45, 7) is 6.46. The Balaban J connectivity index is 0.000000615. The van der Waals surface area contributed by atoms with Gasteiger partial charge >= 0.3 is 20.9 Å². The molecular weight excluding hydrogens is 424 g/mol. The van der Waals surface area contributed by atoms with Gasteiger partial charge in [0, 0.05) is 5.92 Å². The minimum atomic E-state index is -0.0976. The second kappa shape index (κ2) is 13.0. The molecular formula is C23H34BrCrO. The van der Waals surface area contributed by atoms with Crippen LogP contribution >= 0.6 is 15.9 Å². The van der Waals surface area contributed by atoms with E-state index in [9.17, 15) is 4.79 Å². The standard InChI is InChI=1S/C19H25BrO.C3H8.CH.Cr/c1-13-7-5-12-16(17(13)14-8-3-2-4-9-14)18(20)19(21)15-10-6-11-15;1-3-2;;/h5,7,12,14-15,18H,2-4,6,8-11H2,1H3;3H2,1-2H3;1H;. The Morgan fingerprint density at radius 1 is 1.12 bits per heavy atom. The molecule has 0 N–H and O–H groups in total. The summed E-state index contributed by atoms with van der Waals surface area (Å²) in [7, 11) is 0. The summed E-state index contributed by atoms with van der Waals surface area (Å²) in [6, 6.07) is 6.49. The molecule has 1 aromatic carbocycles. The van der Waals surface area contributed by atoms with E-state index in [1.807, 2.05) is 0 Å². The molecule has 0 spiro atoms. The predicted octanol–water partition coefficient (Wildman–Crippen LogP) is 7.39. The van der Waals surface area contributed by atoms with Crippen LogP contribution in [-0.4, -0.2) is 5.78 Å². The van der Waals surface area contributed by atoms with Gasteiger partial charge in [0.2, 0.25) is 0 Å². The molecule has 2 aliphatic carbocycles. The molecule has 0 amide bonds. The number of halogens is 1. The number of hydrogen-bond acceptors (Lipinski definition) is 1. The Labute approximate surface area is 177 Å². The van der Waals surface area contributed by atoms with Crippen LogP contribution in [0.5, 0.6) is 0 Å². The van der Waals surface area contributed by atoms with E-state index in [-0.39, 0.29) is 4.83 Å². The van der Waals surface area contributed by atoms with Crippen molar-refractivity contribution in [1.82, 2.24) is 0 Å². The Kier molecular flexibility index (Phi) is 11.8. The fraction of sp³-hybridized carbons (Fsp3) is 0.652. The minimum absolute atomic E-state index is 0.0976. The fourth-order valence-electron chi connectivity index (χ4n) is 3.93. The van der Waals surface area contributed by atoms with E-state index in [1.54, 1.807) is 0 Å². The SMILES string of the molecule is CCC.Cc1cccc(C(Br)C(=O)C2CCC2)c1C1CCCCC1.[CH]#[Cr]. The van der Waals surface area contributed by atoms with Gasteiger partial charge in [0.25, 0.3) is 0 Å². The number of carbonyl (C=O) groups is 1. The van der Waals surface area contributed by atoms with Crippen molar-refractivity contribution in [3.63, 3.8) is 0 Å². The van der Waals surface area contributed by atoms with Crippen LogP contribution in [-0.2, 0) is 20.5 Å². The molecule has 1 unspecified atom stereocenters.